The summed E-state index contributed by atoms with van der Waals surface area (Å²) in [7, 11) is 1.79. The molecule has 1 heterocycles. The zero-order valence-electron chi connectivity index (χ0n) is 11.2. The van der Waals surface area contributed by atoms with Crippen molar-refractivity contribution in [2.75, 3.05) is 20.3 Å². The molecule has 0 spiro atoms. The molecule has 1 rings (SSSR count). The summed E-state index contributed by atoms with van der Waals surface area (Å²) in [6, 6.07) is 2.22. The van der Waals surface area contributed by atoms with Crippen molar-refractivity contribution in [3.8, 4) is 6.07 Å². The SMILES string of the molecule is CCC(C)(C)N(C)C(=O)C1(C#N)CCOCC1. The number of nitrogens with zero attached hydrogens (tertiary/aromatic N) is 2. The van der Waals surface area contributed by atoms with E-state index in [1.165, 1.54) is 0 Å². The van der Waals surface area contributed by atoms with Crippen LogP contribution in [0.1, 0.15) is 40.0 Å². The molecule has 1 aliphatic rings. The first-order valence-electron chi connectivity index (χ1n) is 6.17. The summed E-state index contributed by atoms with van der Waals surface area (Å²) in [6.07, 6.45) is 1.88. The van der Waals surface area contributed by atoms with Crippen LogP contribution in [0.25, 0.3) is 0 Å². The van der Waals surface area contributed by atoms with E-state index in [4.69, 9.17) is 4.74 Å². The van der Waals surface area contributed by atoms with Gasteiger partial charge in [-0.25, -0.2) is 0 Å². The maximum atomic E-state index is 12.5. The van der Waals surface area contributed by atoms with Crippen LogP contribution in [0.3, 0.4) is 0 Å². The summed E-state index contributed by atoms with van der Waals surface area (Å²) in [6.45, 7) is 7.09. The minimum atomic E-state index is -0.876. The maximum Gasteiger partial charge on any atom is 0.243 e. The smallest absolute Gasteiger partial charge is 0.243 e. The molecule has 1 saturated heterocycles. The van der Waals surface area contributed by atoms with Gasteiger partial charge in [-0.1, -0.05) is 6.92 Å². The fourth-order valence-corrected chi connectivity index (χ4v) is 1.93. The summed E-state index contributed by atoms with van der Waals surface area (Å²) in [5, 5.41) is 9.35. The molecule has 0 radical (unpaired) electrons. The molecule has 0 bridgehead atoms. The highest BCUT2D eigenvalue weighted by Crippen LogP contribution is 2.34. The minimum absolute atomic E-state index is 0.0600. The van der Waals surface area contributed by atoms with Gasteiger partial charge in [-0.2, -0.15) is 5.26 Å². The topological polar surface area (TPSA) is 53.3 Å². The largest absolute Gasteiger partial charge is 0.381 e. The minimum Gasteiger partial charge on any atom is -0.381 e. The summed E-state index contributed by atoms with van der Waals surface area (Å²) < 4.78 is 5.25. The highest BCUT2D eigenvalue weighted by molar-refractivity contribution is 5.86. The standard InChI is InChI=1S/C13H22N2O2/c1-5-12(2,3)15(4)11(16)13(10-14)6-8-17-9-7-13/h5-9H2,1-4H3. The van der Waals surface area contributed by atoms with Crippen LogP contribution >= 0.6 is 0 Å². The van der Waals surface area contributed by atoms with Crippen molar-refractivity contribution in [2.24, 2.45) is 5.41 Å². The third-order valence-electron chi connectivity index (χ3n) is 4.05. The van der Waals surface area contributed by atoms with Crippen LogP contribution < -0.4 is 0 Å². The van der Waals surface area contributed by atoms with E-state index in [0.717, 1.165) is 6.42 Å². The predicted octanol–water partition coefficient (Wildman–Crippen LogP) is 1.95. The van der Waals surface area contributed by atoms with Gasteiger partial charge < -0.3 is 9.64 Å². The van der Waals surface area contributed by atoms with Gasteiger partial charge in [0.05, 0.1) is 6.07 Å². The van der Waals surface area contributed by atoms with Gasteiger partial charge in [0.15, 0.2) is 0 Å². The summed E-state index contributed by atoms with van der Waals surface area (Å²) in [4.78, 5) is 14.2. The van der Waals surface area contributed by atoms with Crippen LogP contribution in [-0.4, -0.2) is 36.6 Å². The number of rotatable bonds is 3. The Balaban J connectivity index is 2.90. The van der Waals surface area contributed by atoms with E-state index in [2.05, 4.69) is 6.07 Å². The Hall–Kier alpha value is -1.08. The van der Waals surface area contributed by atoms with Gasteiger partial charge in [0.25, 0.3) is 0 Å². The second-order valence-electron chi connectivity index (χ2n) is 5.34. The average molecular weight is 238 g/mol. The van der Waals surface area contributed by atoms with Gasteiger partial charge in [-0.05, 0) is 33.1 Å². The van der Waals surface area contributed by atoms with Crippen molar-refractivity contribution in [1.29, 1.82) is 5.26 Å². The number of nitriles is 1. The monoisotopic (exact) mass is 238 g/mol. The van der Waals surface area contributed by atoms with Crippen LogP contribution in [0.2, 0.25) is 0 Å². The molecule has 4 heteroatoms. The number of carbonyl (C=O) groups excluding carboxylic acids is 1. The van der Waals surface area contributed by atoms with Crippen molar-refractivity contribution in [3.05, 3.63) is 0 Å². The van der Waals surface area contributed by atoms with Crippen LogP contribution in [0.5, 0.6) is 0 Å². The van der Waals surface area contributed by atoms with Crippen LogP contribution in [0.15, 0.2) is 0 Å². The van der Waals surface area contributed by atoms with Crippen LogP contribution in [0.4, 0.5) is 0 Å². The quantitative estimate of drug-likeness (QED) is 0.755. The Bertz CT molecular complexity index is 325. The van der Waals surface area contributed by atoms with Gasteiger partial charge >= 0.3 is 0 Å². The van der Waals surface area contributed by atoms with Gasteiger partial charge in [-0.3, -0.25) is 4.79 Å². The predicted molar refractivity (Wildman–Crippen MR) is 65.2 cm³/mol. The molecule has 0 N–H and O–H groups in total. The molecule has 0 atom stereocenters. The Morgan fingerprint density at radius 1 is 1.47 bits per heavy atom. The van der Waals surface area contributed by atoms with Crippen molar-refractivity contribution >= 4 is 5.91 Å². The summed E-state index contributed by atoms with van der Waals surface area (Å²) >= 11 is 0. The van der Waals surface area contributed by atoms with E-state index < -0.39 is 5.41 Å². The first kappa shape index (κ1) is 14.0. The van der Waals surface area contributed by atoms with Gasteiger partial charge in [0.2, 0.25) is 5.91 Å². The highest BCUT2D eigenvalue weighted by Gasteiger charge is 2.44. The molecular formula is C13H22N2O2. The molecule has 0 unspecified atom stereocenters. The fourth-order valence-electron chi connectivity index (χ4n) is 1.93. The molecular weight excluding hydrogens is 216 g/mol. The molecule has 1 aliphatic heterocycles. The first-order valence-corrected chi connectivity index (χ1v) is 6.17. The lowest BCUT2D eigenvalue weighted by atomic mass is 9.79. The van der Waals surface area contributed by atoms with Gasteiger partial charge in [0.1, 0.15) is 5.41 Å². The van der Waals surface area contributed by atoms with Gasteiger partial charge in [-0.15, -0.1) is 0 Å². The number of amides is 1. The lowest BCUT2D eigenvalue weighted by Crippen LogP contribution is -2.52. The molecule has 0 aliphatic carbocycles. The first-order chi connectivity index (χ1) is 7.89. The van der Waals surface area contributed by atoms with Gasteiger partial charge in [0, 0.05) is 25.8 Å². The Morgan fingerprint density at radius 3 is 2.41 bits per heavy atom. The molecule has 1 fully saturated rings. The third-order valence-corrected chi connectivity index (χ3v) is 4.05. The highest BCUT2D eigenvalue weighted by atomic mass is 16.5. The van der Waals surface area contributed by atoms with E-state index in [1.807, 2.05) is 20.8 Å². The molecule has 4 nitrogen and oxygen atoms in total. The second-order valence-corrected chi connectivity index (χ2v) is 5.34. The van der Waals surface area contributed by atoms with E-state index in [0.29, 0.717) is 26.1 Å². The molecule has 17 heavy (non-hydrogen) atoms. The average Bonchev–Trinajstić information content (AvgIpc) is 2.37. The van der Waals surface area contributed by atoms with E-state index >= 15 is 0 Å². The molecule has 0 aromatic carbocycles. The second kappa shape index (κ2) is 5.05. The molecule has 0 aromatic heterocycles. The Labute approximate surface area is 104 Å². The molecule has 0 aromatic rings. The normalized spacial score (nSPS) is 19.5. The number of hydrogen-bond donors (Lipinski definition) is 0. The Kier molecular flexibility index (Phi) is 4.16. The molecule has 96 valence electrons. The molecule has 0 saturated carbocycles. The maximum absolute atomic E-state index is 12.5. The number of carbonyl (C=O) groups is 1. The van der Waals surface area contributed by atoms with E-state index in [-0.39, 0.29) is 11.4 Å². The van der Waals surface area contributed by atoms with Crippen molar-refractivity contribution in [1.82, 2.24) is 4.90 Å². The zero-order chi connectivity index (χ0) is 13.1. The van der Waals surface area contributed by atoms with Crippen LogP contribution in [-0.2, 0) is 9.53 Å². The van der Waals surface area contributed by atoms with Crippen molar-refractivity contribution < 1.29 is 9.53 Å². The lowest BCUT2D eigenvalue weighted by Gasteiger charge is -2.40. The summed E-state index contributed by atoms with van der Waals surface area (Å²) in [5.74, 6) is -0.0600. The third kappa shape index (κ3) is 2.61. The lowest BCUT2D eigenvalue weighted by molar-refractivity contribution is -0.147. The van der Waals surface area contributed by atoms with Crippen molar-refractivity contribution in [2.45, 2.75) is 45.6 Å². The zero-order valence-corrected chi connectivity index (χ0v) is 11.2. The van der Waals surface area contributed by atoms with E-state index in [1.54, 1.807) is 11.9 Å². The van der Waals surface area contributed by atoms with Crippen molar-refractivity contribution in [3.63, 3.8) is 0 Å². The van der Waals surface area contributed by atoms with E-state index in [9.17, 15) is 10.1 Å². The van der Waals surface area contributed by atoms with Crippen LogP contribution in [0, 0.1) is 16.7 Å². The number of ether oxygens (including phenoxy) is 1. The molecule has 1 amide bonds. The summed E-state index contributed by atoms with van der Waals surface area (Å²) in [5.41, 5.74) is -1.08. The Morgan fingerprint density at radius 2 is 2.00 bits per heavy atom. The number of hydrogen-bond acceptors (Lipinski definition) is 3. The fraction of sp³-hybridized carbons (Fsp3) is 0.846.